The summed E-state index contributed by atoms with van der Waals surface area (Å²) in [7, 11) is 0. The van der Waals surface area contributed by atoms with Crippen LogP contribution in [0.15, 0.2) is 29.8 Å². The van der Waals surface area contributed by atoms with Gasteiger partial charge >= 0.3 is 0 Å². The second-order valence-corrected chi connectivity index (χ2v) is 7.32. The molecule has 0 unspecified atom stereocenters. The van der Waals surface area contributed by atoms with Gasteiger partial charge in [0, 0.05) is 39.6 Å². The molecule has 7 nitrogen and oxygen atoms in total. The summed E-state index contributed by atoms with van der Waals surface area (Å²) in [6.07, 6.45) is 7.88. The lowest BCUT2D eigenvalue weighted by Crippen LogP contribution is -2.50. The molecule has 1 aromatic heterocycles. The van der Waals surface area contributed by atoms with Gasteiger partial charge in [0.2, 0.25) is 5.91 Å². The molecule has 28 heavy (non-hydrogen) atoms. The molecule has 1 aromatic rings. The molecule has 3 rings (SSSR count). The highest BCUT2D eigenvalue weighted by atomic mass is 16.2. The number of nitrogens with zero attached hydrogens (tertiary/aromatic N) is 3. The molecule has 1 aliphatic carbocycles. The summed E-state index contributed by atoms with van der Waals surface area (Å²) in [4.78, 5) is 44.2. The molecular formula is C21H28N4O3. The number of aromatic nitrogens is 1. The van der Waals surface area contributed by atoms with E-state index in [-0.39, 0.29) is 29.1 Å². The van der Waals surface area contributed by atoms with E-state index in [0.29, 0.717) is 32.7 Å². The quantitative estimate of drug-likeness (QED) is 0.787. The molecule has 3 amide bonds. The van der Waals surface area contributed by atoms with E-state index in [1.807, 2.05) is 0 Å². The Labute approximate surface area is 165 Å². The van der Waals surface area contributed by atoms with Crippen LogP contribution in [0.3, 0.4) is 0 Å². The fourth-order valence-electron chi connectivity index (χ4n) is 3.63. The molecule has 0 bridgehead atoms. The van der Waals surface area contributed by atoms with Gasteiger partial charge < -0.3 is 15.1 Å². The minimum atomic E-state index is -0.257. The van der Waals surface area contributed by atoms with Crippen LogP contribution >= 0.6 is 0 Å². The lowest BCUT2D eigenvalue weighted by atomic mass is 9.97. The van der Waals surface area contributed by atoms with E-state index >= 15 is 0 Å². The van der Waals surface area contributed by atoms with Gasteiger partial charge in [-0.1, -0.05) is 17.7 Å². The van der Waals surface area contributed by atoms with Gasteiger partial charge in [0.1, 0.15) is 11.4 Å². The van der Waals surface area contributed by atoms with Crippen LogP contribution in [0.1, 0.15) is 60.0 Å². The van der Waals surface area contributed by atoms with Gasteiger partial charge in [-0.25, -0.2) is 4.98 Å². The second-order valence-electron chi connectivity index (χ2n) is 7.32. The van der Waals surface area contributed by atoms with E-state index in [1.54, 1.807) is 28.0 Å². The van der Waals surface area contributed by atoms with Crippen LogP contribution in [-0.4, -0.2) is 65.2 Å². The van der Waals surface area contributed by atoms with E-state index in [4.69, 9.17) is 0 Å². The Morgan fingerprint density at radius 3 is 2.43 bits per heavy atom. The Morgan fingerprint density at radius 2 is 1.75 bits per heavy atom. The Hall–Kier alpha value is -2.70. The smallest absolute Gasteiger partial charge is 0.272 e. The normalized spacial score (nSPS) is 17.1. The SMILES string of the molecule is CC(=O)N1CCN(C(=O)c2cccc(C(=O)NCCC3=CCCCC3)n2)CC1. The van der Waals surface area contributed by atoms with E-state index in [0.717, 1.165) is 19.3 Å². The average Bonchev–Trinajstić information content (AvgIpc) is 2.74. The number of hydrogen-bond acceptors (Lipinski definition) is 4. The largest absolute Gasteiger partial charge is 0.350 e. The fourth-order valence-corrected chi connectivity index (χ4v) is 3.63. The maximum absolute atomic E-state index is 12.7. The lowest BCUT2D eigenvalue weighted by molar-refractivity contribution is -0.130. The molecule has 0 saturated carbocycles. The fraction of sp³-hybridized carbons (Fsp3) is 0.524. The van der Waals surface area contributed by atoms with Gasteiger partial charge in [0.25, 0.3) is 11.8 Å². The van der Waals surface area contributed by atoms with Crippen LogP contribution in [0.4, 0.5) is 0 Å². The van der Waals surface area contributed by atoms with Crippen molar-refractivity contribution in [2.24, 2.45) is 0 Å². The highest BCUT2D eigenvalue weighted by molar-refractivity contribution is 5.96. The van der Waals surface area contributed by atoms with Crippen LogP contribution < -0.4 is 5.32 Å². The molecule has 1 saturated heterocycles. The van der Waals surface area contributed by atoms with E-state index in [1.165, 1.54) is 25.3 Å². The van der Waals surface area contributed by atoms with Crippen molar-refractivity contribution in [2.45, 2.75) is 39.0 Å². The first-order valence-corrected chi connectivity index (χ1v) is 10.0. The molecule has 0 aromatic carbocycles. The lowest BCUT2D eigenvalue weighted by Gasteiger charge is -2.34. The van der Waals surface area contributed by atoms with Crippen LogP contribution in [0.25, 0.3) is 0 Å². The van der Waals surface area contributed by atoms with Gasteiger partial charge in [-0.15, -0.1) is 0 Å². The molecule has 1 N–H and O–H groups in total. The molecule has 1 fully saturated rings. The molecule has 2 aliphatic rings. The van der Waals surface area contributed by atoms with Gasteiger partial charge in [0.15, 0.2) is 0 Å². The zero-order valence-corrected chi connectivity index (χ0v) is 16.4. The standard InChI is InChI=1S/C21H28N4O3/c1-16(26)24-12-14-25(15-13-24)21(28)19-9-5-8-18(23-19)20(27)22-11-10-17-6-3-2-4-7-17/h5-6,8-9H,2-4,7,10-15H2,1H3,(H,22,27). The maximum Gasteiger partial charge on any atom is 0.272 e. The molecule has 1 aliphatic heterocycles. The molecule has 0 atom stereocenters. The summed E-state index contributed by atoms with van der Waals surface area (Å²) in [5.41, 5.74) is 1.93. The molecule has 0 radical (unpaired) electrons. The summed E-state index contributed by atoms with van der Waals surface area (Å²) in [6.45, 7) is 4.12. The first kappa shape index (κ1) is 20.0. The van der Waals surface area contributed by atoms with Crippen molar-refractivity contribution in [1.29, 1.82) is 0 Å². The van der Waals surface area contributed by atoms with Gasteiger partial charge in [0.05, 0.1) is 0 Å². The Kier molecular flexibility index (Phi) is 6.79. The first-order valence-electron chi connectivity index (χ1n) is 10.0. The molecule has 7 heteroatoms. The number of amides is 3. The third kappa shape index (κ3) is 5.18. The molecule has 150 valence electrons. The summed E-state index contributed by atoms with van der Waals surface area (Å²) >= 11 is 0. The van der Waals surface area contributed by atoms with Crippen LogP contribution in [0.2, 0.25) is 0 Å². The summed E-state index contributed by atoms with van der Waals surface area (Å²) in [5, 5.41) is 2.90. The number of carbonyl (C=O) groups excluding carboxylic acids is 3. The molecular weight excluding hydrogens is 356 g/mol. The maximum atomic E-state index is 12.7. The minimum Gasteiger partial charge on any atom is -0.350 e. The second kappa shape index (κ2) is 9.48. The van der Waals surface area contributed by atoms with Crippen molar-refractivity contribution in [3.63, 3.8) is 0 Å². The summed E-state index contributed by atoms with van der Waals surface area (Å²) < 4.78 is 0. The first-order chi connectivity index (χ1) is 13.5. The number of carbonyl (C=O) groups is 3. The van der Waals surface area contributed by atoms with Crippen molar-refractivity contribution in [1.82, 2.24) is 20.1 Å². The number of allylic oxidation sites excluding steroid dienone is 1. The summed E-state index contributed by atoms with van der Waals surface area (Å²) in [6, 6.07) is 4.94. The van der Waals surface area contributed by atoms with E-state index in [9.17, 15) is 14.4 Å². The predicted molar refractivity (Wildman–Crippen MR) is 106 cm³/mol. The Bertz CT molecular complexity index is 767. The third-order valence-electron chi connectivity index (χ3n) is 5.33. The zero-order valence-electron chi connectivity index (χ0n) is 16.4. The van der Waals surface area contributed by atoms with Crippen molar-refractivity contribution >= 4 is 17.7 Å². The monoisotopic (exact) mass is 384 g/mol. The Balaban J connectivity index is 1.54. The number of rotatable bonds is 5. The van der Waals surface area contributed by atoms with E-state index in [2.05, 4.69) is 16.4 Å². The highest BCUT2D eigenvalue weighted by Crippen LogP contribution is 2.19. The number of hydrogen-bond donors (Lipinski definition) is 1. The number of piperazine rings is 1. The minimum absolute atomic E-state index is 0.0212. The van der Waals surface area contributed by atoms with Gasteiger partial charge in [-0.2, -0.15) is 0 Å². The van der Waals surface area contributed by atoms with Crippen LogP contribution in [-0.2, 0) is 4.79 Å². The van der Waals surface area contributed by atoms with Crippen LogP contribution in [0.5, 0.6) is 0 Å². The van der Waals surface area contributed by atoms with Crippen molar-refractivity contribution in [2.75, 3.05) is 32.7 Å². The van der Waals surface area contributed by atoms with Crippen LogP contribution in [0, 0.1) is 0 Å². The van der Waals surface area contributed by atoms with Crippen molar-refractivity contribution in [3.8, 4) is 0 Å². The topological polar surface area (TPSA) is 82.6 Å². The Morgan fingerprint density at radius 1 is 1.04 bits per heavy atom. The highest BCUT2D eigenvalue weighted by Gasteiger charge is 2.24. The summed E-state index contributed by atoms with van der Waals surface area (Å²) in [5.74, 6) is -0.439. The van der Waals surface area contributed by atoms with Gasteiger partial charge in [-0.05, 0) is 44.2 Å². The predicted octanol–water partition coefficient (Wildman–Crippen LogP) is 2.01. The van der Waals surface area contributed by atoms with E-state index < -0.39 is 0 Å². The molecule has 0 spiro atoms. The zero-order chi connectivity index (χ0) is 19.9. The van der Waals surface area contributed by atoms with Crippen molar-refractivity contribution < 1.29 is 14.4 Å². The van der Waals surface area contributed by atoms with Crippen molar-refractivity contribution in [3.05, 3.63) is 41.2 Å². The third-order valence-corrected chi connectivity index (χ3v) is 5.33. The average molecular weight is 384 g/mol. The van der Waals surface area contributed by atoms with Gasteiger partial charge in [-0.3, -0.25) is 14.4 Å². The number of pyridine rings is 1. The molecule has 2 heterocycles. The number of nitrogens with one attached hydrogen (secondary N) is 1.